The van der Waals surface area contributed by atoms with Gasteiger partial charge in [0.15, 0.2) is 0 Å². The van der Waals surface area contributed by atoms with Crippen LogP contribution in [0, 0.1) is 0 Å². The summed E-state index contributed by atoms with van der Waals surface area (Å²) in [5, 5.41) is 14.6. The van der Waals surface area contributed by atoms with E-state index in [1.54, 1.807) is 0 Å². The van der Waals surface area contributed by atoms with Crippen LogP contribution < -0.4 is 10.6 Å². The third kappa shape index (κ3) is 17.1. The lowest BCUT2D eigenvalue weighted by molar-refractivity contribution is -0.137. The third-order valence-corrected chi connectivity index (χ3v) is 6.57. The second-order valence-corrected chi connectivity index (χ2v) is 9.90. The van der Waals surface area contributed by atoms with Gasteiger partial charge in [0.1, 0.15) is 6.04 Å². The third-order valence-electron chi connectivity index (χ3n) is 6.57. The first-order valence-corrected chi connectivity index (χ1v) is 14.4. The molecule has 204 valence electrons. The smallest absolute Gasteiger partial charge is 0.303 e. The number of carboxylic acid groups (broad SMARTS) is 1. The van der Waals surface area contributed by atoms with Gasteiger partial charge < -0.3 is 15.7 Å². The lowest BCUT2D eigenvalue weighted by Gasteiger charge is -2.19. The highest BCUT2D eigenvalue weighted by atomic mass is 16.4. The Morgan fingerprint density at radius 1 is 0.694 bits per heavy atom. The average Bonchev–Trinajstić information content (AvgIpc) is 2.87. The summed E-state index contributed by atoms with van der Waals surface area (Å²) in [5.74, 6) is -0.908. The van der Waals surface area contributed by atoms with Crippen molar-refractivity contribution in [3.05, 3.63) is 35.9 Å². The molecule has 2 amide bonds. The molecule has 1 aromatic carbocycles. The van der Waals surface area contributed by atoms with Crippen LogP contribution in [0.3, 0.4) is 0 Å². The Bertz CT molecular complexity index is 708. The number of benzene rings is 1. The minimum Gasteiger partial charge on any atom is -0.481 e. The van der Waals surface area contributed by atoms with Gasteiger partial charge >= 0.3 is 5.97 Å². The van der Waals surface area contributed by atoms with Gasteiger partial charge in [0.25, 0.3) is 0 Å². The summed E-state index contributed by atoms with van der Waals surface area (Å²) < 4.78 is 0. The molecule has 0 aliphatic heterocycles. The van der Waals surface area contributed by atoms with E-state index in [1.165, 1.54) is 44.9 Å². The molecule has 0 radical (unpaired) electrons. The molecule has 0 unspecified atom stereocenters. The number of carbonyl (C=O) groups excluding carboxylic acids is 2. The zero-order valence-electron chi connectivity index (χ0n) is 22.6. The predicted octanol–water partition coefficient (Wildman–Crippen LogP) is 7.09. The van der Waals surface area contributed by atoms with Gasteiger partial charge in [-0.2, -0.15) is 0 Å². The number of amides is 2. The van der Waals surface area contributed by atoms with E-state index >= 15 is 0 Å². The molecule has 0 heterocycles. The fourth-order valence-corrected chi connectivity index (χ4v) is 4.37. The van der Waals surface area contributed by atoms with Crippen LogP contribution in [0.15, 0.2) is 30.3 Å². The summed E-state index contributed by atoms with van der Waals surface area (Å²) in [7, 11) is 0. The Balaban J connectivity index is 2.23. The molecule has 1 rings (SSSR count). The Morgan fingerprint density at radius 2 is 1.19 bits per heavy atom. The highest BCUT2D eigenvalue weighted by Gasteiger charge is 2.22. The second kappa shape index (κ2) is 21.9. The van der Waals surface area contributed by atoms with Gasteiger partial charge in [-0.1, -0.05) is 121 Å². The zero-order valence-corrected chi connectivity index (χ0v) is 22.6. The Labute approximate surface area is 219 Å². The number of carbonyl (C=O) groups is 3. The van der Waals surface area contributed by atoms with Crippen LogP contribution in [0.25, 0.3) is 0 Å². The molecule has 1 aromatic rings. The van der Waals surface area contributed by atoms with Crippen LogP contribution >= 0.6 is 0 Å². The van der Waals surface area contributed by atoms with E-state index in [0.29, 0.717) is 13.0 Å². The van der Waals surface area contributed by atoms with E-state index in [2.05, 4.69) is 17.6 Å². The lowest BCUT2D eigenvalue weighted by atomic mass is 10.0. The Kier molecular flexibility index (Phi) is 19.2. The summed E-state index contributed by atoms with van der Waals surface area (Å²) in [6.45, 7) is 2.83. The van der Waals surface area contributed by atoms with Crippen molar-refractivity contribution in [3.8, 4) is 0 Å². The van der Waals surface area contributed by atoms with Gasteiger partial charge in [-0.25, -0.2) is 0 Å². The van der Waals surface area contributed by atoms with Crippen molar-refractivity contribution in [1.82, 2.24) is 10.6 Å². The van der Waals surface area contributed by atoms with E-state index < -0.39 is 12.0 Å². The molecule has 36 heavy (non-hydrogen) atoms. The van der Waals surface area contributed by atoms with Crippen LogP contribution in [-0.2, 0) is 14.4 Å². The number of unbranched alkanes of at least 4 members (excludes halogenated alkanes) is 14. The SMILES string of the molecule is CCCCCCCCCC(=O)N[C@@H](C(=O)NCCCCCCCCCCCC(=O)O)c1ccccc1. The fraction of sp³-hybridized carbons (Fsp3) is 0.700. The number of carboxylic acids is 1. The Hall–Kier alpha value is -2.37. The quantitative estimate of drug-likeness (QED) is 0.139. The summed E-state index contributed by atoms with van der Waals surface area (Å²) in [6, 6.07) is 8.83. The molecule has 6 heteroatoms. The van der Waals surface area contributed by atoms with Crippen molar-refractivity contribution in [2.24, 2.45) is 0 Å². The maximum Gasteiger partial charge on any atom is 0.303 e. The van der Waals surface area contributed by atoms with Gasteiger partial charge in [-0.15, -0.1) is 0 Å². The van der Waals surface area contributed by atoms with Crippen LogP contribution in [-0.4, -0.2) is 29.4 Å². The van der Waals surface area contributed by atoms with Crippen molar-refractivity contribution >= 4 is 17.8 Å². The molecule has 0 saturated heterocycles. The lowest BCUT2D eigenvalue weighted by Crippen LogP contribution is -2.40. The van der Waals surface area contributed by atoms with Crippen molar-refractivity contribution < 1.29 is 19.5 Å². The van der Waals surface area contributed by atoms with Crippen molar-refractivity contribution in [3.63, 3.8) is 0 Å². The molecule has 6 nitrogen and oxygen atoms in total. The number of hydrogen-bond acceptors (Lipinski definition) is 3. The van der Waals surface area contributed by atoms with Crippen LogP contribution in [0.4, 0.5) is 0 Å². The van der Waals surface area contributed by atoms with Gasteiger partial charge in [0, 0.05) is 19.4 Å². The van der Waals surface area contributed by atoms with Gasteiger partial charge in [0.2, 0.25) is 11.8 Å². The van der Waals surface area contributed by atoms with E-state index in [0.717, 1.165) is 63.4 Å². The molecule has 0 spiro atoms. The molecule has 0 aliphatic carbocycles. The summed E-state index contributed by atoms with van der Waals surface area (Å²) >= 11 is 0. The molecule has 0 aliphatic rings. The van der Waals surface area contributed by atoms with E-state index in [9.17, 15) is 14.4 Å². The summed E-state index contributed by atoms with van der Waals surface area (Å²) in [5.41, 5.74) is 0.811. The molecule has 0 saturated carbocycles. The van der Waals surface area contributed by atoms with Crippen LogP contribution in [0.5, 0.6) is 0 Å². The van der Waals surface area contributed by atoms with E-state index in [4.69, 9.17) is 5.11 Å². The average molecular weight is 503 g/mol. The largest absolute Gasteiger partial charge is 0.481 e. The minimum atomic E-state index is -0.706. The van der Waals surface area contributed by atoms with Gasteiger partial charge in [-0.05, 0) is 24.8 Å². The monoisotopic (exact) mass is 502 g/mol. The molecule has 0 aromatic heterocycles. The molecular formula is C30H50N2O4. The first-order chi connectivity index (χ1) is 17.5. The molecule has 0 fully saturated rings. The van der Waals surface area contributed by atoms with Gasteiger partial charge in [0.05, 0.1) is 0 Å². The first kappa shape index (κ1) is 31.7. The highest BCUT2D eigenvalue weighted by molar-refractivity contribution is 5.88. The Morgan fingerprint density at radius 3 is 1.75 bits per heavy atom. The highest BCUT2D eigenvalue weighted by Crippen LogP contribution is 2.15. The van der Waals surface area contributed by atoms with Crippen molar-refractivity contribution in [2.45, 2.75) is 129 Å². The fourth-order valence-electron chi connectivity index (χ4n) is 4.37. The van der Waals surface area contributed by atoms with E-state index in [-0.39, 0.29) is 18.2 Å². The standard InChI is InChI=1S/C30H50N2O4/c1-2-3-4-5-9-12-18-23-27(33)32-29(26-21-16-15-17-22-26)30(36)31-25-20-14-11-8-6-7-10-13-19-24-28(34)35/h15-17,21-22,29H,2-14,18-20,23-25H2,1H3,(H,31,36)(H,32,33)(H,34,35)/t29-/m1/s1. The molecule has 3 N–H and O–H groups in total. The maximum absolute atomic E-state index is 12.9. The number of rotatable bonds is 23. The summed E-state index contributed by atoms with van der Waals surface area (Å²) in [4.78, 5) is 35.9. The van der Waals surface area contributed by atoms with Crippen LogP contribution in [0.1, 0.15) is 134 Å². The van der Waals surface area contributed by atoms with E-state index in [1.807, 2.05) is 30.3 Å². The summed E-state index contributed by atoms with van der Waals surface area (Å²) in [6.07, 6.45) is 18.4. The number of aliphatic carboxylic acids is 1. The molecule has 0 bridgehead atoms. The number of hydrogen-bond donors (Lipinski definition) is 3. The first-order valence-electron chi connectivity index (χ1n) is 14.4. The minimum absolute atomic E-state index is 0.0597. The molecule has 1 atom stereocenters. The molecular weight excluding hydrogens is 452 g/mol. The van der Waals surface area contributed by atoms with Crippen molar-refractivity contribution in [1.29, 1.82) is 0 Å². The maximum atomic E-state index is 12.9. The van der Waals surface area contributed by atoms with Gasteiger partial charge in [-0.3, -0.25) is 14.4 Å². The second-order valence-electron chi connectivity index (χ2n) is 9.90. The number of nitrogens with one attached hydrogen (secondary N) is 2. The normalized spacial score (nSPS) is 11.7. The van der Waals surface area contributed by atoms with Crippen molar-refractivity contribution in [2.75, 3.05) is 6.54 Å². The topological polar surface area (TPSA) is 95.5 Å². The zero-order chi connectivity index (χ0) is 26.3. The van der Waals surface area contributed by atoms with Crippen LogP contribution in [0.2, 0.25) is 0 Å². The predicted molar refractivity (Wildman–Crippen MR) is 147 cm³/mol.